The second kappa shape index (κ2) is 8.17. The lowest BCUT2D eigenvalue weighted by atomic mass is 9.52. The zero-order valence-corrected chi connectivity index (χ0v) is 19.5. The first-order valence-corrected chi connectivity index (χ1v) is 12.8. The molecular weight excluding hydrogens is 407 g/mol. The van der Waals surface area contributed by atoms with Crippen molar-refractivity contribution in [3.63, 3.8) is 0 Å². The summed E-state index contributed by atoms with van der Waals surface area (Å²) in [7, 11) is 2.47. The highest BCUT2D eigenvalue weighted by atomic mass is 14.4. The average molecular weight is 435 g/mol. The van der Waals surface area contributed by atoms with Gasteiger partial charge in [-0.2, -0.15) is 0 Å². The van der Waals surface area contributed by atoms with E-state index in [0.29, 0.717) is 17.8 Å². The summed E-state index contributed by atoms with van der Waals surface area (Å²) >= 11 is 0. The van der Waals surface area contributed by atoms with Crippen LogP contribution in [0.2, 0.25) is 6.32 Å². The highest BCUT2D eigenvalue weighted by Gasteiger charge is 2.35. The van der Waals surface area contributed by atoms with Gasteiger partial charge in [-0.1, -0.05) is 109 Å². The van der Waals surface area contributed by atoms with Gasteiger partial charge < -0.3 is 0 Å². The van der Waals surface area contributed by atoms with Gasteiger partial charge in [-0.15, -0.1) is 0 Å². The van der Waals surface area contributed by atoms with E-state index < -0.39 is 0 Å². The molecule has 0 saturated carbocycles. The van der Waals surface area contributed by atoms with Crippen LogP contribution in [0.15, 0.2) is 131 Å². The molecule has 0 saturated heterocycles. The third kappa shape index (κ3) is 3.22. The zero-order chi connectivity index (χ0) is 22.5. The van der Waals surface area contributed by atoms with E-state index in [1.54, 1.807) is 0 Å². The van der Waals surface area contributed by atoms with Crippen LogP contribution in [-0.2, 0) is 0 Å². The smallest absolute Gasteiger partial charge is 0.0913 e. The molecule has 1 radical (unpaired) electrons. The quantitative estimate of drug-likeness (QED) is 0.330. The molecule has 163 valence electrons. The monoisotopic (exact) mass is 435 g/mol. The highest BCUT2D eigenvalue weighted by Crippen LogP contribution is 2.51. The van der Waals surface area contributed by atoms with Crippen LogP contribution in [-0.4, -0.2) is 7.28 Å². The molecule has 0 spiro atoms. The maximum absolute atomic E-state index is 2.56. The number of fused-ring (bicyclic) bond motifs is 4. The van der Waals surface area contributed by atoms with Crippen LogP contribution >= 0.6 is 0 Å². The lowest BCUT2D eigenvalue weighted by molar-refractivity contribution is 0.489. The van der Waals surface area contributed by atoms with E-state index in [-0.39, 0.29) is 0 Å². The molecule has 1 heterocycles. The SMILES string of the molecule is [B]1CC=CC2=C(c3ccc4ccccc4c3)C3=CC=CCC3C(C3=CC4C=CCCC4C=C3)=C12. The molecule has 0 N–H and O–H groups in total. The van der Waals surface area contributed by atoms with Gasteiger partial charge in [-0.3, -0.25) is 0 Å². The van der Waals surface area contributed by atoms with Gasteiger partial charge in [-0.25, -0.2) is 0 Å². The first-order chi connectivity index (χ1) is 16.9. The topological polar surface area (TPSA) is 0 Å². The molecule has 7 rings (SSSR count). The lowest BCUT2D eigenvalue weighted by Crippen LogP contribution is -2.25. The van der Waals surface area contributed by atoms with E-state index in [4.69, 9.17) is 0 Å². The van der Waals surface area contributed by atoms with E-state index >= 15 is 0 Å². The van der Waals surface area contributed by atoms with Gasteiger partial charge in [0.2, 0.25) is 0 Å². The van der Waals surface area contributed by atoms with Crippen molar-refractivity contribution in [1.82, 2.24) is 0 Å². The van der Waals surface area contributed by atoms with E-state index in [1.165, 1.54) is 62.5 Å². The maximum Gasteiger partial charge on any atom is 0.156 e. The summed E-state index contributed by atoms with van der Waals surface area (Å²) in [6.45, 7) is 0. The summed E-state index contributed by atoms with van der Waals surface area (Å²) in [5.41, 5.74) is 10.1. The van der Waals surface area contributed by atoms with Gasteiger partial charge in [0.25, 0.3) is 0 Å². The molecule has 34 heavy (non-hydrogen) atoms. The Morgan fingerprint density at radius 3 is 2.79 bits per heavy atom. The summed E-state index contributed by atoms with van der Waals surface area (Å²) < 4.78 is 0. The minimum Gasteiger partial charge on any atom is -0.0913 e. The molecule has 3 unspecified atom stereocenters. The highest BCUT2D eigenvalue weighted by molar-refractivity contribution is 6.49. The number of benzene rings is 2. The summed E-state index contributed by atoms with van der Waals surface area (Å²) in [5.74, 6) is 1.62. The number of hydrogen-bond acceptors (Lipinski definition) is 0. The van der Waals surface area contributed by atoms with Crippen molar-refractivity contribution in [1.29, 1.82) is 0 Å². The fourth-order valence-corrected chi connectivity index (χ4v) is 6.52. The first kappa shape index (κ1) is 20.1. The van der Waals surface area contributed by atoms with Gasteiger partial charge in [0, 0.05) is 11.8 Å². The molecule has 1 heteroatoms. The second-order valence-electron chi connectivity index (χ2n) is 10.1. The fraction of sp³-hybridized carbons (Fsp3) is 0.212. The van der Waals surface area contributed by atoms with Crippen molar-refractivity contribution in [3.05, 3.63) is 137 Å². The number of hydrogen-bond donors (Lipinski definition) is 0. The Bertz CT molecular complexity index is 1430. The summed E-state index contributed by atoms with van der Waals surface area (Å²) in [6, 6.07) is 15.7. The first-order valence-electron chi connectivity index (χ1n) is 12.8. The standard InChI is InChI=1S/C33H28B/c1-3-10-24-20-26(17-15-22(24)8-1)31-28-12-5-6-13-29(28)32(33-30(31)14-7-19-34-33)27-18-16-23-9-2-4-11-25(23)21-27/h1,3-8,10-12,14-18,20-21,23,25,29H,2,9,13,19H2. The van der Waals surface area contributed by atoms with Crippen molar-refractivity contribution in [3.8, 4) is 0 Å². The van der Waals surface area contributed by atoms with Gasteiger partial charge >= 0.3 is 0 Å². The molecule has 0 aromatic heterocycles. The molecule has 2 aromatic carbocycles. The predicted molar refractivity (Wildman–Crippen MR) is 146 cm³/mol. The fourth-order valence-electron chi connectivity index (χ4n) is 6.52. The van der Waals surface area contributed by atoms with Crippen LogP contribution in [0.25, 0.3) is 16.3 Å². The van der Waals surface area contributed by atoms with E-state index in [1.807, 2.05) is 0 Å². The lowest BCUT2D eigenvalue weighted by Gasteiger charge is -2.38. The molecule has 0 bridgehead atoms. The van der Waals surface area contributed by atoms with Crippen LogP contribution < -0.4 is 0 Å². The van der Waals surface area contributed by atoms with Gasteiger partial charge in [0.05, 0.1) is 0 Å². The summed E-state index contributed by atoms with van der Waals surface area (Å²) in [5, 5.41) is 2.61. The van der Waals surface area contributed by atoms with Crippen LogP contribution in [0, 0.1) is 17.8 Å². The molecule has 0 amide bonds. The Labute approximate surface area is 203 Å². The Hall–Kier alpha value is -3.32. The van der Waals surface area contributed by atoms with Crippen LogP contribution in [0.5, 0.6) is 0 Å². The van der Waals surface area contributed by atoms with Crippen molar-refractivity contribution >= 4 is 23.6 Å². The molecular formula is C33H28B. The van der Waals surface area contributed by atoms with Crippen LogP contribution in [0.3, 0.4) is 0 Å². The minimum atomic E-state index is 0.410. The molecule has 0 fully saturated rings. The van der Waals surface area contributed by atoms with Gasteiger partial charge in [0.15, 0.2) is 7.28 Å². The van der Waals surface area contributed by atoms with Crippen molar-refractivity contribution in [2.75, 3.05) is 0 Å². The molecule has 2 aromatic rings. The van der Waals surface area contributed by atoms with E-state index in [2.05, 4.69) is 111 Å². The molecule has 3 atom stereocenters. The van der Waals surface area contributed by atoms with Crippen molar-refractivity contribution in [2.45, 2.75) is 25.6 Å². The summed E-state index contributed by atoms with van der Waals surface area (Å²) in [4.78, 5) is 0. The van der Waals surface area contributed by atoms with E-state index in [9.17, 15) is 0 Å². The van der Waals surface area contributed by atoms with Gasteiger partial charge in [-0.05, 0) is 75.4 Å². The van der Waals surface area contributed by atoms with Crippen LogP contribution in [0.4, 0.5) is 0 Å². The van der Waals surface area contributed by atoms with Crippen molar-refractivity contribution in [2.24, 2.45) is 17.8 Å². The third-order valence-electron chi connectivity index (χ3n) is 8.15. The molecule has 1 aliphatic heterocycles. The van der Waals surface area contributed by atoms with Crippen molar-refractivity contribution < 1.29 is 0 Å². The van der Waals surface area contributed by atoms with Gasteiger partial charge in [0.1, 0.15) is 0 Å². The number of rotatable bonds is 2. The zero-order valence-electron chi connectivity index (χ0n) is 19.5. The predicted octanol–water partition coefficient (Wildman–Crippen LogP) is 8.13. The maximum atomic E-state index is 2.56. The normalized spacial score (nSPS) is 27.1. The largest absolute Gasteiger partial charge is 0.156 e. The Morgan fingerprint density at radius 2 is 1.82 bits per heavy atom. The Kier molecular flexibility index (Phi) is 4.83. The Morgan fingerprint density at radius 1 is 0.882 bits per heavy atom. The number of allylic oxidation sites excluding steroid dienone is 16. The average Bonchev–Trinajstić information content (AvgIpc) is 2.91. The molecule has 0 nitrogen and oxygen atoms in total. The minimum absolute atomic E-state index is 0.410. The summed E-state index contributed by atoms with van der Waals surface area (Å²) in [6.07, 6.45) is 28.6. The molecule has 5 aliphatic rings. The Balaban J connectivity index is 1.45. The third-order valence-corrected chi connectivity index (χ3v) is 8.15. The molecule has 4 aliphatic carbocycles. The van der Waals surface area contributed by atoms with Crippen LogP contribution in [0.1, 0.15) is 24.8 Å². The van der Waals surface area contributed by atoms with E-state index in [0.717, 1.165) is 12.7 Å². The second-order valence-corrected chi connectivity index (χ2v) is 10.1.